The van der Waals surface area contributed by atoms with Crippen molar-refractivity contribution in [1.82, 2.24) is 4.90 Å². The van der Waals surface area contributed by atoms with Crippen LogP contribution in [0.4, 0.5) is 0 Å². The summed E-state index contributed by atoms with van der Waals surface area (Å²) in [5.74, 6) is -0.575. The van der Waals surface area contributed by atoms with E-state index in [1.807, 2.05) is 31.2 Å². The summed E-state index contributed by atoms with van der Waals surface area (Å²) in [6.45, 7) is 2.46. The summed E-state index contributed by atoms with van der Waals surface area (Å²) in [6, 6.07) is 11.9. The third-order valence-corrected chi connectivity index (χ3v) is 3.10. The quantitative estimate of drug-likeness (QED) is 0.902. The van der Waals surface area contributed by atoms with Gasteiger partial charge in [-0.25, -0.2) is 0 Å². The molecule has 0 unspecified atom stereocenters. The largest absolute Gasteiger partial charge is 0.508 e. The number of rotatable bonds is 3. The van der Waals surface area contributed by atoms with Crippen LogP contribution in [0.2, 0.25) is 0 Å². The van der Waals surface area contributed by atoms with Crippen molar-refractivity contribution in [2.24, 2.45) is 0 Å². The van der Waals surface area contributed by atoms with E-state index in [0.717, 1.165) is 11.6 Å². The van der Waals surface area contributed by atoms with E-state index in [1.54, 1.807) is 7.05 Å². The molecule has 1 amide bonds. The third kappa shape index (κ3) is 3.09. The Morgan fingerprint density at radius 1 is 1.10 bits per heavy atom. The predicted molar refractivity (Wildman–Crippen MR) is 76.7 cm³/mol. The zero-order valence-electron chi connectivity index (χ0n) is 11.5. The van der Waals surface area contributed by atoms with Crippen molar-refractivity contribution in [3.63, 3.8) is 0 Å². The number of nitrogens with zero attached hydrogens (tertiary/aromatic N) is 1. The monoisotopic (exact) mass is 271 g/mol. The number of hydrogen-bond acceptors (Lipinski definition) is 3. The molecule has 0 heterocycles. The number of benzene rings is 2. The Bertz CT molecular complexity index is 620. The molecule has 0 bridgehead atoms. The summed E-state index contributed by atoms with van der Waals surface area (Å²) < 4.78 is 0. The molecule has 104 valence electrons. The van der Waals surface area contributed by atoms with Crippen LogP contribution < -0.4 is 0 Å². The molecule has 4 heteroatoms. The van der Waals surface area contributed by atoms with E-state index in [1.165, 1.54) is 22.6 Å². The van der Waals surface area contributed by atoms with E-state index >= 15 is 0 Å². The third-order valence-electron chi connectivity index (χ3n) is 3.10. The Morgan fingerprint density at radius 3 is 2.35 bits per heavy atom. The van der Waals surface area contributed by atoms with E-state index in [0.29, 0.717) is 6.54 Å². The topological polar surface area (TPSA) is 60.8 Å². The fourth-order valence-electron chi connectivity index (χ4n) is 1.95. The van der Waals surface area contributed by atoms with Crippen molar-refractivity contribution in [3.8, 4) is 11.5 Å². The Hall–Kier alpha value is -2.49. The second-order valence-corrected chi connectivity index (χ2v) is 4.85. The van der Waals surface area contributed by atoms with E-state index in [4.69, 9.17) is 0 Å². The van der Waals surface area contributed by atoms with Crippen LogP contribution in [-0.4, -0.2) is 28.1 Å². The normalized spacial score (nSPS) is 10.3. The Morgan fingerprint density at radius 2 is 1.75 bits per heavy atom. The molecule has 2 aromatic carbocycles. The van der Waals surface area contributed by atoms with Crippen molar-refractivity contribution >= 4 is 5.91 Å². The summed E-state index contributed by atoms with van der Waals surface area (Å²) in [4.78, 5) is 13.8. The van der Waals surface area contributed by atoms with E-state index in [9.17, 15) is 15.0 Å². The predicted octanol–water partition coefficient (Wildman–Crippen LogP) is 2.68. The maximum atomic E-state index is 12.2. The Kier molecular flexibility index (Phi) is 3.94. The molecule has 0 aliphatic rings. The van der Waals surface area contributed by atoms with Crippen LogP contribution in [0.1, 0.15) is 21.5 Å². The smallest absolute Gasteiger partial charge is 0.257 e. The fraction of sp³-hybridized carbons (Fsp3) is 0.188. The van der Waals surface area contributed by atoms with Gasteiger partial charge in [-0.15, -0.1) is 0 Å². The number of amides is 1. The van der Waals surface area contributed by atoms with Gasteiger partial charge in [0.15, 0.2) is 0 Å². The van der Waals surface area contributed by atoms with Crippen LogP contribution in [-0.2, 0) is 6.54 Å². The molecule has 2 aromatic rings. The minimum absolute atomic E-state index is 0.0692. The van der Waals surface area contributed by atoms with Gasteiger partial charge in [0.25, 0.3) is 5.91 Å². The highest BCUT2D eigenvalue weighted by atomic mass is 16.3. The molecule has 2 rings (SSSR count). The molecule has 0 saturated carbocycles. The fourth-order valence-corrected chi connectivity index (χ4v) is 1.95. The summed E-state index contributed by atoms with van der Waals surface area (Å²) >= 11 is 0. The average Bonchev–Trinajstić information content (AvgIpc) is 2.40. The van der Waals surface area contributed by atoms with Gasteiger partial charge in [-0.2, -0.15) is 0 Å². The highest BCUT2D eigenvalue weighted by molar-refractivity contribution is 5.96. The van der Waals surface area contributed by atoms with Crippen LogP contribution in [0.3, 0.4) is 0 Å². The number of aromatic hydroxyl groups is 2. The molecule has 0 spiro atoms. The molecule has 0 aliphatic heterocycles. The Balaban J connectivity index is 2.14. The van der Waals surface area contributed by atoms with Gasteiger partial charge in [0.1, 0.15) is 11.5 Å². The molecule has 0 saturated heterocycles. The number of carbonyl (C=O) groups excluding carboxylic acids is 1. The van der Waals surface area contributed by atoms with Crippen molar-refractivity contribution in [2.45, 2.75) is 13.5 Å². The van der Waals surface area contributed by atoms with Crippen LogP contribution in [0.15, 0.2) is 42.5 Å². The molecular weight excluding hydrogens is 254 g/mol. The zero-order chi connectivity index (χ0) is 14.7. The van der Waals surface area contributed by atoms with Gasteiger partial charge < -0.3 is 15.1 Å². The molecule has 0 aromatic heterocycles. The van der Waals surface area contributed by atoms with Gasteiger partial charge >= 0.3 is 0 Å². The summed E-state index contributed by atoms with van der Waals surface area (Å²) in [6.07, 6.45) is 0. The molecule has 0 fully saturated rings. The molecule has 0 radical (unpaired) electrons. The van der Waals surface area contributed by atoms with Crippen molar-refractivity contribution < 1.29 is 15.0 Å². The van der Waals surface area contributed by atoms with E-state index < -0.39 is 0 Å². The van der Waals surface area contributed by atoms with Crippen molar-refractivity contribution in [2.75, 3.05) is 7.05 Å². The minimum atomic E-state index is -0.289. The van der Waals surface area contributed by atoms with Crippen LogP contribution in [0.5, 0.6) is 11.5 Å². The summed E-state index contributed by atoms with van der Waals surface area (Å²) in [5.41, 5.74) is 2.36. The molecular formula is C16H17NO3. The first kappa shape index (κ1) is 13.9. The lowest BCUT2D eigenvalue weighted by Crippen LogP contribution is -2.26. The van der Waals surface area contributed by atoms with E-state index in [-0.39, 0.29) is 23.0 Å². The molecule has 20 heavy (non-hydrogen) atoms. The van der Waals surface area contributed by atoms with Crippen LogP contribution in [0, 0.1) is 6.92 Å². The van der Waals surface area contributed by atoms with Gasteiger partial charge in [-0.05, 0) is 24.6 Å². The second-order valence-electron chi connectivity index (χ2n) is 4.85. The molecule has 0 atom stereocenters. The first-order valence-electron chi connectivity index (χ1n) is 6.30. The SMILES string of the molecule is Cc1ccc(CN(C)C(=O)c2ccc(O)cc2O)cc1. The lowest BCUT2D eigenvalue weighted by atomic mass is 10.1. The maximum absolute atomic E-state index is 12.2. The lowest BCUT2D eigenvalue weighted by molar-refractivity contribution is 0.0782. The lowest BCUT2D eigenvalue weighted by Gasteiger charge is -2.18. The number of phenolic OH excluding ortho intramolecular Hbond substituents is 2. The second kappa shape index (κ2) is 5.65. The van der Waals surface area contributed by atoms with Crippen LogP contribution >= 0.6 is 0 Å². The van der Waals surface area contributed by atoms with E-state index in [2.05, 4.69) is 0 Å². The average molecular weight is 271 g/mol. The summed E-state index contributed by atoms with van der Waals surface area (Å²) in [7, 11) is 1.68. The van der Waals surface area contributed by atoms with Gasteiger partial charge in [0.2, 0.25) is 0 Å². The summed E-state index contributed by atoms with van der Waals surface area (Å²) in [5, 5.41) is 18.9. The molecule has 0 aliphatic carbocycles. The van der Waals surface area contributed by atoms with Crippen LogP contribution in [0.25, 0.3) is 0 Å². The maximum Gasteiger partial charge on any atom is 0.257 e. The van der Waals surface area contributed by atoms with Crippen molar-refractivity contribution in [1.29, 1.82) is 0 Å². The van der Waals surface area contributed by atoms with Gasteiger partial charge in [-0.1, -0.05) is 29.8 Å². The zero-order valence-corrected chi connectivity index (χ0v) is 11.5. The molecule has 2 N–H and O–H groups in total. The highest BCUT2D eigenvalue weighted by Crippen LogP contribution is 2.24. The molecule has 4 nitrogen and oxygen atoms in total. The van der Waals surface area contributed by atoms with Crippen molar-refractivity contribution in [3.05, 3.63) is 59.2 Å². The number of carbonyl (C=O) groups is 1. The first-order valence-corrected chi connectivity index (χ1v) is 6.30. The number of aryl methyl sites for hydroxylation is 1. The highest BCUT2D eigenvalue weighted by Gasteiger charge is 2.16. The van der Waals surface area contributed by atoms with Gasteiger partial charge in [0, 0.05) is 19.7 Å². The minimum Gasteiger partial charge on any atom is -0.508 e. The number of hydrogen-bond donors (Lipinski definition) is 2. The standard InChI is InChI=1S/C16H17NO3/c1-11-3-5-12(6-4-11)10-17(2)16(20)14-8-7-13(18)9-15(14)19/h3-9,18-19H,10H2,1-2H3. The van der Waals surface area contributed by atoms with Gasteiger partial charge in [0.05, 0.1) is 5.56 Å². The number of phenols is 2. The van der Waals surface area contributed by atoms with Gasteiger partial charge in [-0.3, -0.25) is 4.79 Å². The first-order chi connectivity index (χ1) is 9.47. The Labute approximate surface area is 117 Å².